The lowest BCUT2D eigenvalue weighted by Crippen LogP contribution is -2.46. The number of carbonyl (C=O) groups is 2. The van der Waals surface area contributed by atoms with E-state index in [1.165, 1.54) is 12.1 Å². The first-order valence-corrected chi connectivity index (χ1v) is 9.78. The van der Waals surface area contributed by atoms with Crippen LogP contribution in [0.15, 0.2) is 36.4 Å². The summed E-state index contributed by atoms with van der Waals surface area (Å²) in [5.74, 6) is -1.29. The number of carboxylic acids is 1. The molecule has 8 heteroatoms. The first kappa shape index (κ1) is 19.8. The molecular weight excluding hydrogens is 415 g/mol. The number of fused-ring (bicyclic) bond motifs is 1. The molecule has 0 saturated carbocycles. The van der Waals surface area contributed by atoms with Crippen LogP contribution in [0.5, 0.6) is 0 Å². The van der Waals surface area contributed by atoms with Crippen molar-refractivity contribution in [3.8, 4) is 0 Å². The van der Waals surface area contributed by atoms with Crippen LogP contribution in [0, 0.1) is 6.92 Å². The summed E-state index contributed by atoms with van der Waals surface area (Å²) in [5, 5.41) is 13.8. The lowest BCUT2D eigenvalue weighted by atomic mass is 9.88. The van der Waals surface area contributed by atoms with Gasteiger partial charge in [0, 0.05) is 23.9 Å². The van der Waals surface area contributed by atoms with Gasteiger partial charge >= 0.3 is 5.97 Å². The Bertz CT molecular complexity index is 1120. The van der Waals surface area contributed by atoms with Gasteiger partial charge in [-0.05, 0) is 42.3 Å². The molecule has 0 aliphatic carbocycles. The first-order valence-electron chi connectivity index (χ1n) is 9.03. The Morgan fingerprint density at radius 1 is 1.17 bits per heavy atom. The Balaban J connectivity index is 1.70. The van der Waals surface area contributed by atoms with E-state index >= 15 is 0 Å². The van der Waals surface area contributed by atoms with Crippen molar-refractivity contribution in [2.75, 3.05) is 13.2 Å². The molecule has 1 amide bonds. The van der Waals surface area contributed by atoms with Crippen LogP contribution in [0.2, 0.25) is 10.0 Å². The van der Waals surface area contributed by atoms with Crippen molar-refractivity contribution in [1.29, 1.82) is 0 Å². The third-order valence-electron chi connectivity index (χ3n) is 5.39. The van der Waals surface area contributed by atoms with Gasteiger partial charge in [0.15, 0.2) is 0 Å². The number of halogens is 2. The Kier molecular flexibility index (Phi) is 5.02. The van der Waals surface area contributed by atoms with Gasteiger partial charge in [-0.3, -0.25) is 4.79 Å². The maximum atomic E-state index is 13.2. The summed E-state index contributed by atoms with van der Waals surface area (Å²) in [4.78, 5) is 27.4. The highest BCUT2D eigenvalue weighted by molar-refractivity contribution is 6.45. The van der Waals surface area contributed by atoms with E-state index in [0.29, 0.717) is 46.3 Å². The summed E-state index contributed by atoms with van der Waals surface area (Å²) in [6.07, 6.45) is 0.580. The number of aromatic nitrogens is 1. The summed E-state index contributed by atoms with van der Waals surface area (Å²) in [6.45, 7) is 2.61. The number of aromatic amines is 1. The minimum absolute atomic E-state index is 0.187. The highest BCUT2D eigenvalue weighted by atomic mass is 35.5. The van der Waals surface area contributed by atoms with Crippen molar-refractivity contribution in [2.24, 2.45) is 0 Å². The fourth-order valence-electron chi connectivity index (χ4n) is 3.78. The summed E-state index contributed by atoms with van der Waals surface area (Å²) in [6, 6.07) is 9.95. The normalized spacial score (nSPS) is 18.9. The molecule has 3 aromatic rings. The molecule has 1 aromatic heterocycles. The van der Waals surface area contributed by atoms with Gasteiger partial charge in [0.25, 0.3) is 5.91 Å². The number of rotatable bonds is 4. The molecule has 1 aliphatic heterocycles. The van der Waals surface area contributed by atoms with Gasteiger partial charge in [-0.15, -0.1) is 0 Å². The molecule has 4 rings (SSSR count). The van der Waals surface area contributed by atoms with E-state index in [4.69, 9.17) is 33.0 Å². The Hall–Kier alpha value is -2.54. The van der Waals surface area contributed by atoms with Crippen LogP contribution in [0.4, 0.5) is 0 Å². The van der Waals surface area contributed by atoms with Crippen LogP contribution in [0.3, 0.4) is 0 Å². The summed E-state index contributed by atoms with van der Waals surface area (Å²) in [7, 11) is 0. The average molecular weight is 433 g/mol. The number of nitrogens with one attached hydrogen (secondary N) is 2. The highest BCUT2D eigenvalue weighted by Gasteiger charge is 2.39. The number of H-pyrrole nitrogens is 1. The number of hydrogen-bond acceptors (Lipinski definition) is 3. The third-order valence-corrected chi connectivity index (χ3v) is 6.19. The van der Waals surface area contributed by atoms with E-state index in [1.807, 2.05) is 6.92 Å². The van der Waals surface area contributed by atoms with Gasteiger partial charge in [-0.2, -0.15) is 0 Å². The molecule has 2 aromatic carbocycles. The van der Waals surface area contributed by atoms with Crippen molar-refractivity contribution in [3.63, 3.8) is 0 Å². The molecule has 1 atom stereocenters. The highest BCUT2D eigenvalue weighted by Crippen LogP contribution is 2.35. The number of carboxylic acid groups (broad SMARTS) is 1. The number of ether oxygens (including phenoxy) is 1. The zero-order chi connectivity index (χ0) is 20.8. The van der Waals surface area contributed by atoms with Crippen LogP contribution in [-0.4, -0.2) is 35.2 Å². The van der Waals surface area contributed by atoms with Crippen molar-refractivity contribution in [2.45, 2.75) is 18.9 Å². The lowest BCUT2D eigenvalue weighted by molar-refractivity contribution is 0.0696. The average Bonchev–Trinajstić information content (AvgIpc) is 3.30. The van der Waals surface area contributed by atoms with Crippen LogP contribution in [-0.2, 0) is 10.3 Å². The molecule has 1 aliphatic rings. The predicted molar refractivity (Wildman–Crippen MR) is 111 cm³/mol. The first-order chi connectivity index (χ1) is 13.8. The second kappa shape index (κ2) is 7.37. The molecule has 6 nitrogen and oxygen atoms in total. The van der Waals surface area contributed by atoms with E-state index in [0.717, 1.165) is 11.1 Å². The Morgan fingerprint density at radius 3 is 2.52 bits per heavy atom. The second-order valence-corrected chi connectivity index (χ2v) is 7.92. The van der Waals surface area contributed by atoms with Gasteiger partial charge in [-0.1, -0.05) is 35.3 Å². The molecular formula is C21H18Cl2N2O4. The molecule has 0 spiro atoms. The van der Waals surface area contributed by atoms with Crippen molar-refractivity contribution >= 4 is 46.0 Å². The topological polar surface area (TPSA) is 91.4 Å². The maximum absolute atomic E-state index is 13.2. The molecule has 29 heavy (non-hydrogen) atoms. The Morgan fingerprint density at radius 2 is 1.90 bits per heavy atom. The second-order valence-electron chi connectivity index (χ2n) is 7.13. The molecule has 0 radical (unpaired) electrons. The number of amides is 1. The van der Waals surface area contributed by atoms with Crippen LogP contribution < -0.4 is 5.32 Å². The molecule has 150 valence electrons. The van der Waals surface area contributed by atoms with Crippen LogP contribution in [0.1, 0.15) is 38.4 Å². The smallest absolute Gasteiger partial charge is 0.335 e. The van der Waals surface area contributed by atoms with Crippen molar-refractivity contribution in [3.05, 3.63) is 68.8 Å². The van der Waals surface area contributed by atoms with Crippen molar-refractivity contribution < 1.29 is 19.4 Å². The van der Waals surface area contributed by atoms with Gasteiger partial charge in [0.1, 0.15) is 5.69 Å². The van der Waals surface area contributed by atoms with E-state index in [-0.39, 0.29) is 11.5 Å². The maximum Gasteiger partial charge on any atom is 0.335 e. The number of benzene rings is 2. The molecule has 0 bridgehead atoms. The lowest BCUT2D eigenvalue weighted by Gasteiger charge is -2.29. The minimum atomic E-state index is -0.999. The van der Waals surface area contributed by atoms with E-state index in [2.05, 4.69) is 10.3 Å². The Labute approximate surface area is 176 Å². The van der Waals surface area contributed by atoms with Crippen molar-refractivity contribution in [1.82, 2.24) is 10.3 Å². The fraction of sp³-hybridized carbons (Fsp3) is 0.238. The zero-order valence-electron chi connectivity index (χ0n) is 15.5. The minimum Gasteiger partial charge on any atom is -0.478 e. The molecule has 1 unspecified atom stereocenters. The zero-order valence-corrected chi connectivity index (χ0v) is 17.0. The quantitative estimate of drug-likeness (QED) is 0.564. The largest absolute Gasteiger partial charge is 0.478 e. The third kappa shape index (κ3) is 3.37. The molecule has 1 fully saturated rings. The van der Waals surface area contributed by atoms with E-state index in [9.17, 15) is 9.59 Å². The summed E-state index contributed by atoms with van der Waals surface area (Å²) < 4.78 is 5.57. The summed E-state index contributed by atoms with van der Waals surface area (Å²) >= 11 is 12.5. The number of hydrogen-bond donors (Lipinski definition) is 3. The van der Waals surface area contributed by atoms with Crippen LogP contribution in [0.25, 0.3) is 10.9 Å². The van der Waals surface area contributed by atoms with Gasteiger partial charge in [0.2, 0.25) is 0 Å². The monoisotopic (exact) mass is 432 g/mol. The van der Waals surface area contributed by atoms with E-state index in [1.54, 1.807) is 24.3 Å². The number of aryl methyl sites for hydroxylation is 1. The van der Waals surface area contributed by atoms with Crippen LogP contribution >= 0.6 is 23.2 Å². The number of aromatic carboxylic acids is 1. The molecule has 3 N–H and O–H groups in total. The number of carbonyl (C=O) groups excluding carboxylic acids is 1. The SMILES string of the molecule is Cc1c(C(=O)NC2(c3ccc(C(=O)O)cc3)CCOC2)[nH]c2ccc(Cl)c(Cl)c12. The fourth-order valence-corrected chi connectivity index (χ4v) is 4.24. The summed E-state index contributed by atoms with van der Waals surface area (Å²) in [5.41, 5.74) is 2.08. The van der Waals surface area contributed by atoms with E-state index < -0.39 is 11.5 Å². The van der Waals surface area contributed by atoms with Gasteiger partial charge in [-0.25, -0.2) is 4.79 Å². The molecule has 1 saturated heterocycles. The van der Waals surface area contributed by atoms with Gasteiger partial charge in [0.05, 0.1) is 27.8 Å². The standard InChI is InChI=1S/C21H18Cl2N2O4/c1-11-16-15(7-6-14(22)17(16)23)24-18(11)19(26)25-21(8-9-29-10-21)13-4-2-12(3-5-13)20(27)28/h2-7,24H,8-10H2,1H3,(H,25,26)(H,27,28). The predicted octanol–water partition coefficient (Wildman–Crippen LogP) is 4.53. The molecule has 2 heterocycles. The van der Waals surface area contributed by atoms with Gasteiger partial charge < -0.3 is 20.1 Å².